The quantitative estimate of drug-likeness (QED) is 0.332. The van der Waals surface area contributed by atoms with Crippen molar-refractivity contribution in [1.82, 2.24) is 0 Å². The van der Waals surface area contributed by atoms with Crippen LogP contribution in [0.3, 0.4) is 0 Å². The normalized spacial score (nSPS) is 14.7. The summed E-state index contributed by atoms with van der Waals surface area (Å²) in [5, 5.41) is 20.5. The van der Waals surface area contributed by atoms with Gasteiger partial charge >= 0.3 is 11.9 Å². The first kappa shape index (κ1) is 26.8. The molecule has 0 saturated carbocycles. The van der Waals surface area contributed by atoms with Gasteiger partial charge in [-0.2, -0.15) is 0 Å². The van der Waals surface area contributed by atoms with Crippen LogP contribution in [0.25, 0.3) is 0 Å². The lowest BCUT2D eigenvalue weighted by molar-refractivity contribution is -0.257. The highest BCUT2D eigenvalue weighted by Gasteiger charge is 2.27. The lowest BCUT2D eigenvalue weighted by Crippen LogP contribution is -2.39. The Kier molecular flexibility index (Phi) is 10.8. The van der Waals surface area contributed by atoms with Crippen molar-refractivity contribution in [2.45, 2.75) is 18.7 Å². The Morgan fingerprint density at radius 1 is 0.818 bits per heavy atom. The first-order valence-electron chi connectivity index (χ1n) is 10.4. The molecule has 0 fully saturated rings. The number of rotatable bonds is 13. The summed E-state index contributed by atoms with van der Waals surface area (Å²) in [4.78, 5) is 24.2. The van der Waals surface area contributed by atoms with Gasteiger partial charge in [0.1, 0.15) is 12.7 Å². The van der Waals surface area contributed by atoms with Gasteiger partial charge in [-0.1, -0.05) is 36.4 Å². The summed E-state index contributed by atoms with van der Waals surface area (Å²) >= 11 is 0. The molecule has 33 heavy (non-hydrogen) atoms. The van der Waals surface area contributed by atoms with Crippen molar-refractivity contribution in [2.24, 2.45) is 0 Å². The average molecular weight is 481 g/mol. The summed E-state index contributed by atoms with van der Waals surface area (Å²) in [6.45, 7) is -0.357. The van der Waals surface area contributed by atoms with Crippen molar-refractivity contribution < 1.29 is 38.7 Å². The molecular formula is C24H32O8S. The Bertz CT molecular complexity index is 854. The Morgan fingerprint density at radius 3 is 1.91 bits per heavy atom. The third-order valence-electron chi connectivity index (χ3n) is 4.32. The second-order valence-corrected chi connectivity index (χ2v) is 12.7. The lowest BCUT2D eigenvalue weighted by atomic mass is 10.2. The number of aliphatic hydroxyl groups is 2. The average Bonchev–Trinajstić information content (AvgIpc) is 2.79. The van der Waals surface area contributed by atoms with Gasteiger partial charge in [-0.05, 0) is 43.0 Å². The lowest BCUT2D eigenvalue weighted by Gasteiger charge is -2.28. The van der Waals surface area contributed by atoms with Gasteiger partial charge in [0.25, 0.3) is 6.29 Å². The molecule has 0 aliphatic rings. The van der Waals surface area contributed by atoms with Crippen molar-refractivity contribution in [3.8, 4) is 0 Å². The standard InChI is InChI=1S/C24H32O8S/c1-33(2,3)15-14-29-24(23(28)32-22(27)19-12-8-5-9-13-19)31-17-20(25)16-30-21(26)18-10-6-4-7-11-18/h4-13,20,23-25,28H,14-17H2,1-3H3/t20?,23-,24?/m0/s1. The molecule has 0 spiro atoms. The maximum atomic E-state index is 12.2. The highest BCUT2D eigenvalue weighted by atomic mass is 32.3. The molecule has 0 aliphatic heterocycles. The molecule has 2 aromatic rings. The smallest absolute Gasteiger partial charge is 0.340 e. The molecule has 0 radical (unpaired) electrons. The van der Waals surface area contributed by atoms with Crippen LogP contribution in [0.4, 0.5) is 0 Å². The Balaban J connectivity index is 1.89. The zero-order valence-electron chi connectivity index (χ0n) is 19.1. The Morgan fingerprint density at radius 2 is 1.36 bits per heavy atom. The van der Waals surface area contributed by atoms with Gasteiger partial charge in [0, 0.05) is 5.75 Å². The van der Waals surface area contributed by atoms with Gasteiger partial charge in [-0.25, -0.2) is 19.6 Å². The van der Waals surface area contributed by atoms with Crippen LogP contribution in [0.5, 0.6) is 0 Å². The third kappa shape index (κ3) is 10.4. The van der Waals surface area contributed by atoms with E-state index in [-0.39, 0.29) is 25.4 Å². The van der Waals surface area contributed by atoms with E-state index in [1.165, 1.54) is 0 Å². The third-order valence-corrected chi connectivity index (χ3v) is 5.71. The monoisotopic (exact) mass is 480 g/mol. The number of benzene rings is 2. The van der Waals surface area contributed by atoms with E-state index in [2.05, 4.69) is 18.8 Å². The van der Waals surface area contributed by atoms with Gasteiger partial charge in [-0.15, -0.1) is 0 Å². The molecule has 3 atom stereocenters. The Hall–Kier alpha value is -2.43. The molecule has 8 nitrogen and oxygen atoms in total. The van der Waals surface area contributed by atoms with E-state index >= 15 is 0 Å². The Labute approximate surface area is 195 Å². The zero-order chi connectivity index (χ0) is 24.3. The van der Waals surface area contributed by atoms with Crippen molar-refractivity contribution in [1.29, 1.82) is 0 Å². The first-order valence-corrected chi connectivity index (χ1v) is 13.4. The molecule has 9 heteroatoms. The summed E-state index contributed by atoms with van der Waals surface area (Å²) in [6.07, 6.45) is 2.13. The van der Waals surface area contributed by atoms with Gasteiger partial charge in [0.2, 0.25) is 6.29 Å². The molecule has 0 heterocycles. The van der Waals surface area contributed by atoms with E-state index in [0.29, 0.717) is 5.56 Å². The minimum atomic E-state index is -1.72. The summed E-state index contributed by atoms with van der Waals surface area (Å²) in [5.74, 6) is -0.574. The molecule has 182 valence electrons. The molecule has 0 bridgehead atoms. The van der Waals surface area contributed by atoms with Crippen LogP contribution in [0.1, 0.15) is 20.7 Å². The van der Waals surface area contributed by atoms with Crippen LogP contribution in [0.15, 0.2) is 60.7 Å². The van der Waals surface area contributed by atoms with E-state index in [0.717, 1.165) is 5.75 Å². The zero-order valence-corrected chi connectivity index (χ0v) is 19.9. The summed E-state index contributed by atoms with van der Waals surface area (Å²) in [6, 6.07) is 16.6. The van der Waals surface area contributed by atoms with E-state index < -0.39 is 40.7 Å². The second-order valence-electron chi connectivity index (χ2n) is 8.15. The topological polar surface area (TPSA) is 112 Å². The van der Waals surface area contributed by atoms with Crippen LogP contribution >= 0.6 is 10.0 Å². The summed E-state index contributed by atoms with van der Waals surface area (Å²) < 4.78 is 21.2. The van der Waals surface area contributed by atoms with E-state index in [9.17, 15) is 19.8 Å². The SMILES string of the molecule is CS(C)(C)CCOC(OCC(O)COC(=O)c1ccccc1)[C@@H](O)OC(=O)c1ccccc1. The maximum Gasteiger partial charge on any atom is 0.340 e. The highest BCUT2D eigenvalue weighted by Crippen LogP contribution is 2.33. The largest absolute Gasteiger partial charge is 0.459 e. The molecule has 0 aliphatic carbocycles. The fourth-order valence-corrected chi connectivity index (χ4v) is 3.11. The van der Waals surface area contributed by atoms with Gasteiger partial charge in [0.05, 0.1) is 24.3 Å². The molecular weight excluding hydrogens is 448 g/mol. The van der Waals surface area contributed by atoms with Crippen LogP contribution in [0.2, 0.25) is 0 Å². The van der Waals surface area contributed by atoms with Gasteiger partial charge in [0.15, 0.2) is 0 Å². The number of aliphatic hydroxyl groups excluding tert-OH is 2. The van der Waals surface area contributed by atoms with Crippen molar-refractivity contribution >= 4 is 22.0 Å². The van der Waals surface area contributed by atoms with Crippen LogP contribution in [0, 0.1) is 0 Å². The minimum absolute atomic E-state index is 0.266. The molecule has 0 saturated heterocycles. The second kappa shape index (κ2) is 13.3. The molecule has 2 rings (SSSR count). The number of hydrogen-bond donors (Lipinski definition) is 2. The maximum absolute atomic E-state index is 12.2. The van der Waals surface area contributed by atoms with Crippen molar-refractivity contribution in [2.75, 3.05) is 44.3 Å². The van der Waals surface area contributed by atoms with Gasteiger partial charge < -0.3 is 29.2 Å². The van der Waals surface area contributed by atoms with E-state index in [4.69, 9.17) is 18.9 Å². The number of ether oxygens (including phenoxy) is 4. The predicted octanol–water partition coefficient (Wildman–Crippen LogP) is 2.43. The summed E-state index contributed by atoms with van der Waals surface area (Å²) in [7, 11) is -0.864. The number of carbonyl (C=O) groups excluding carboxylic acids is 2. The van der Waals surface area contributed by atoms with Crippen LogP contribution in [-0.2, 0) is 18.9 Å². The molecule has 0 aromatic heterocycles. The minimum Gasteiger partial charge on any atom is -0.459 e. The fourth-order valence-electron chi connectivity index (χ4n) is 2.52. The van der Waals surface area contributed by atoms with Gasteiger partial charge in [-0.3, -0.25) is 0 Å². The highest BCUT2D eigenvalue weighted by molar-refractivity contribution is 8.32. The predicted molar refractivity (Wildman–Crippen MR) is 127 cm³/mol. The van der Waals surface area contributed by atoms with Crippen LogP contribution in [-0.4, -0.2) is 85.2 Å². The van der Waals surface area contributed by atoms with Crippen molar-refractivity contribution in [3.05, 3.63) is 71.8 Å². The molecule has 0 amide bonds. The number of hydrogen-bond acceptors (Lipinski definition) is 8. The van der Waals surface area contributed by atoms with E-state index in [1.807, 2.05) is 0 Å². The molecule has 2 N–H and O–H groups in total. The molecule has 2 aromatic carbocycles. The number of carbonyl (C=O) groups is 2. The number of esters is 2. The van der Waals surface area contributed by atoms with Crippen LogP contribution < -0.4 is 0 Å². The van der Waals surface area contributed by atoms with Crippen molar-refractivity contribution in [3.63, 3.8) is 0 Å². The first-order chi connectivity index (χ1) is 15.7. The molecule has 2 unspecified atom stereocenters. The fraction of sp³-hybridized carbons (Fsp3) is 0.417. The van der Waals surface area contributed by atoms with E-state index in [1.54, 1.807) is 60.7 Å². The summed E-state index contributed by atoms with van der Waals surface area (Å²) in [5.41, 5.74) is 0.627.